The van der Waals surface area contributed by atoms with Crippen molar-refractivity contribution in [3.8, 4) is 11.5 Å². The summed E-state index contributed by atoms with van der Waals surface area (Å²) in [4.78, 5) is 22.0. The molecule has 0 aliphatic carbocycles. The minimum absolute atomic E-state index is 0.0396. The molecule has 0 saturated carbocycles. The van der Waals surface area contributed by atoms with Crippen LogP contribution in [0.4, 0.5) is 0 Å². The number of carbonyl (C=O) groups excluding carboxylic acids is 2. The zero-order valence-corrected chi connectivity index (χ0v) is 10.2. The van der Waals surface area contributed by atoms with Crippen molar-refractivity contribution < 1.29 is 29.3 Å². The van der Waals surface area contributed by atoms with Crippen LogP contribution in [0.5, 0.6) is 11.5 Å². The van der Waals surface area contributed by atoms with Gasteiger partial charge in [0.2, 0.25) is 0 Å². The third-order valence-electron chi connectivity index (χ3n) is 2.16. The molecule has 1 rings (SSSR count). The fraction of sp³-hybridized carbons (Fsp3) is 0.231. The van der Waals surface area contributed by atoms with E-state index < -0.39 is 11.9 Å². The molecule has 0 saturated heterocycles. The number of ether oxygens (including phenoxy) is 2. The number of hydrogen-bond acceptors (Lipinski definition) is 6. The number of aromatic hydroxyl groups is 2. The molecule has 0 bridgehead atoms. The van der Waals surface area contributed by atoms with Gasteiger partial charge in [-0.2, -0.15) is 0 Å². The first-order valence-electron chi connectivity index (χ1n) is 5.48. The van der Waals surface area contributed by atoms with Gasteiger partial charge in [-0.05, 0) is 17.7 Å². The van der Waals surface area contributed by atoms with Crippen LogP contribution in [-0.4, -0.2) is 28.8 Å². The number of esters is 2. The molecule has 6 nitrogen and oxygen atoms in total. The highest BCUT2D eigenvalue weighted by atomic mass is 16.5. The quantitative estimate of drug-likeness (QED) is 0.457. The average molecular weight is 266 g/mol. The highest BCUT2D eigenvalue weighted by Gasteiger charge is 2.06. The van der Waals surface area contributed by atoms with Gasteiger partial charge in [0.05, 0.1) is 6.42 Å². The van der Waals surface area contributed by atoms with Crippen LogP contribution in [0.25, 0.3) is 0 Å². The van der Waals surface area contributed by atoms with E-state index >= 15 is 0 Å². The summed E-state index contributed by atoms with van der Waals surface area (Å²) in [6.07, 6.45) is 0.939. The monoisotopic (exact) mass is 266 g/mol. The first-order chi connectivity index (χ1) is 9.02. The van der Waals surface area contributed by atoms with E-state index in [2.05, 4.69) is 11.3 Å². The third-order valence-corrected chi connectivity index (χ3v) is 2.16. The lowest BCUT2D eigenvalue weighted by Crippen LogP contribution is -2.10. The average Bonchev–Trinajstić information content (AvgIpc) is 2.40. The topological polar surface area (TPSA) is 93.1 Å². The van der Waals surface area contributed by atoms with Crippen molar-refractivity contribution in [2.75, 3.05) is 6.61 Å². The maximum atomic E-state index is 11.3. The van der Waals surface area contributed by atoms with Gasteiger partial charge >= 0.3 is 11.9 Å². The summed E-state index contributed by atoms with van der Waals surface area (Å²) >= 11 is 0. The van der Waals surface area contributed by atoms with Crippen molar-refractivity contribution >= 4 is 11.9 Å². The second-order valence-corrected chi connectivity index (χ2v) is 3.61. The van der Waals surface area contributed by atoms with E-state index in [1.807, 2.05) is 0 Å². The van der Waals surface area contributed by atoms with Gasteiger partial charge < -0.3 is 19.7 Å². The van der Waals surface area contributed by atoms with Gasteiger partial charge in [0.25, 0.3) is 0 Å². The fourth-order valence-corrected chi connectivity index (χ4v) is 1.19. The Morgan fingerprint density at radius 1 is 1.21 bits per heavy atom. The van der Waals surface area contributed by atoms with E-state index in [9.17, 15) is 14.7 Å². The van der Waals surface area contributed by atoms with Gasteiger partial charge in [-0.25, -0.2) is 4.79 Å². The first-order valence-corrected chi connectivity index (χ1v) is 5.48. The van der Waals surface area contributed by atoms with Crippen molar-refractivity contribution in [3.63, 3.8) is 0 Å². The Labute approximate surface area is 109 Å². The van der Waals surface area contributed by atoms with Gasteiger partial charge in [-0.1, -0.05) is 12.6 Å². The van der Waals surface area contributed by atoms with E-state index in [4.69, 9.17) is 9.84 Å². The largest absolute Gasteiger partial charge is 0.504 e. The molecule has 6 heteroatoms. The van der Waals surface area contributed by atoms with Crippen molar-refractivity contribution in [1.82, 2.24) is 0 Å². The number of rotatable bonds is 6. The normalized spacial score (nSPS) is 9.68. The minimum atomic E-state index is -0.601. The van der Waals surface area contributed by atoms with E-state index in [0.717, 1.165) is 6.08 Å². The number of phenolic OH excluding ortho intramolecular Hbond substituents is 2. The number of hydrogen-bond donors (Lipinski definition) is 2. The Kier molecular flexibility index (Phi) is 5.40. The van der Waals surface area contributed by atoms with Crippen molar-refractivity contribution in [2.24, 2.45) is 0 Å². The number of carbonyl (C=O) groups is 2. The van der Waals surface area contributed by atoms with Crippen LogP contribution in [0.3, 0.4) is 0 Å². The van der Waals surface area contributed by atoms with Gasteiger partial charge in [0.1, 0.15) is 13.2 Å². The van der Waals surface area contributed by atoms with Crippen LogP contribution in [0.1, 0.15) is 12.0 Å². The third kappa shape index (κ3) is 5.12. The smallest absolute Gasteiger partial charge is 0.330 e. The minimum Gasteiger partial charge on any atom is -0.504 e. The molecule has 0 radical (unpaired) electrons. The van der Waals surface area contributed by atoms with E-state index in [-0.39, 0.29) is 31.1 Å². The first kappa shape index (κ1) is 14.6. The molecule has 0 spiro atoms. The molecule has 0 aliphatic heterocycles. The van der Waals surface area contributed by atoms with Gasteiger partial charge in [-0.3, -0.25) is 4.79 Å². The van der Waals surface area contributed by atoms with Gasteiger partial charge in [0.15, 0.2) is 11.5 Å². The Morgan fingerprint density at radius 3 is 2.58 bits per heavy atom. The van der Waals surface area contributed by atoms with E-state index in [1.54, 1.807) is 0 Å². The molecule has 0 heterocycles. The SMILES string of the molecule is C=CC(=O)OCCC(=O)OCc1ccc(O)c(O)c1. The molecule has 0 unspecified atom stereocenters. The highest BCUT2D eigenvalue weighted by Crippen LogP contribution is 2.25. The molecule has 0 aromatic heterocycles. The highest BCUT2D eigenvalue weighted by molar-refractivity contribution is 5.81. The Bertz CT molecular complexity index is 480. The van der Waals surface area contributed by atoms with E-state index in [1.165, 1.54) is 18.2 Å². The summed E-state index contributed by atoms with van der Waals surface area (Å²) in [5.74, 6) is -1.67. The molecule has 1 aromatic rings. The Hall–Kier alpha value is -2.50. The lowest BCUT2D eigenvalue weighted by Gasteiger charge is -2.06. The summed E-state index contributed by atoms with van der Waals surface area (Å²) in [5, 5.41) is 18.3. The van der Waals surface area contributed by atoms with Crippen LogP contribution in [0.2, 0.25) is 0 Å². The second-order valence-electron chi connectivity index (χ2n) is 3.61. The van der Waals surface area contributed by atoms with Gasteiger partial charge in [-0.15, -0.1) is 0 Å². The van der Waals surface area contributed by atoms with Crippen molar-refractivity contribution in [3.05, 3.63) is 36.4 Å². The van der Waals surface area contributed by atoms with Crippen LogP contribution in [0, 0.1) is 0 Å². The van der Waals surface area contributed by atoms with E-state index in [0.29, 0.717) is 5.56 Å². The predicted molar refractivity (Wildman–Crippen MR) is 65.3 cm³/mol. The molecule has 2 N–H and O–H groups in total. The maximum Gasteiger partial charge on any atom is 0.330 e. The Morgan fingerprint density at radius 2 is 1.95 bits per heavy atom. The molecule has 0 aliphatic rings. The van der Waals surface area contributed by atoms with Crippen LogP contribution in [0.15, 0.2) is 30.9 Å². The summed E-state index contributed by atoms with van der Waals surface area (Å²) in [7, 11) is 0. The fourth-order valence-electron chi connectivity index (χ4n) is 1.19. The second kappa shape index (κ2) is 7.05. The standard InChI is InChI=1S/C13H14O6/c1-2-12(16)18-6-5-13(17)19-8-9-3-4-10(14)11(15)7-9/h2-4,7,14-15H,1,5-6,8H2. The molecule has 19 heavy (non-hydrogen) atoms. The summed E-state index contributed by atoms with van der Waals surface area (Å²) in [6.45, 7) is 3.10. The molecule has 102 valence electrons. The molecular weight excluding hydrogens is 252 g/mol. The van der Waals surface area contributed by atoms with Crippen LogP contribution < -0.4 is 0 Å². The lowest BCUT2D eigenvalue weighted by molar-refractivity contribution is -0.148. The zero-order chi connectivity index (χ0) is 14.3. The summed E-state index contributed by atoms with van der Waals surface area (Å²) < 4.78 is 9.51. The lowest BCUT2D eigenvalue weighted by atomic mass is 10.2. The zero-order valence-electron chi connectivity index (χ0n) is 10.2. The van der Waals surface area contributed by atoms with Crippen LogP contribution >= 0.6 is 0 Å². The number of benzene rings is 1. The van der Waals surface area contributed by atoms with Crippen molar-refractivity contribution in [1.29, 1.82) is 0 Å². The summed E-state index contributed by atoms with van der Waals surface area (Å²) in [5.41, 5.74) is 0.534. The predicted octanol–water partition coefficient (Wildman–Crippen LogP) is 1.26. The molecule has 0 atom stereocenters. The van der Waals surface area contributed by atoms with Crippen LogP contribution in [-0.2, 0) is 25.7 Å². The van der Waals surface area contributed by atoms with Crippen molar-refractivity contribution in [2.45, 2.75) is 13.0 Å². The molecule has 0 amide bonds. The number of phenols is 2. The molecule has 1 aromatic carbocycles. The molecule has 0 fully saturated rings. The maximum absolute atomic E-state index is 11.3. The molecular formula is C13H14O6. The summed E-state index contributed by atoms with van der Waals surface area (Å²) in [6, 6.07) is 4.10. The Balaban J connectivity index is 2.31. The van der Waals surface area contributed by atoms with Gasteiger partial charge in [0, 0.05) is 6.08 Å².